The number of hydrogen-bond donors (Lipinski definition) is 1. The molecule has 1 aliphatic rings. The molecule has 1 saturated heterocycles. The van der Waals surface area contributed by atoms with Gasteiger partial charge in [-0.15, -0.1) is 0 Å². The van der Waals surface area contributed by atoms with Crippen molar-refractivity contribution >= 4 is 27.5 Å². The van der Waals surface area contributed by atoms with E-state index < -0.39 is 15.9 Å². The van der Waals surface area contributed by atoms with Gasteiger partial charge in [0.25, 0.3) is 15.9 Å². The van der Waals surface area contributed by atoms with Crippen LogP contribution in [0.1, 0.15) is 46.5 Å². The van der Waals surface area contributed by atoms with E-state index in [1.165, 1.54) is 28.4 Å². The SMILES string of the molecule is Cc1cc(C)c(NC(=O)CN(C)C(=O)c2ccc(S(=O)(=O)N3CCCCC3)o2)c(C)c1. The maximum absolute atomic E-state index is 12.7. The molecule has 1 aliphatic heterocycles. The molecule has 0 bridgehead atoms. The molecule has 8 nitrogen and oxygen atoms in total. The van der Waals surface area contributed by atoms with E-state index in [0.717, 1.165) is 41.6 Å². The monoisotopic (exact) mass is 447 g/mol. The number of furan rings is 1. The van der Waals surface area contributed by atoms with Crippen molar-refractivity contribution in [1.82, 2.24) is 9.21 Å². The molecule has 0 atom stereocenters. The molecule has 0 saturated carbocycles. The highest BCUT2D eigenvalue weighted by Gasteiger charge is 2.30. The lowest BCUT2D eigenvalue weighted by Gasteiger charge is -2.24. The van der Waals surface area contributed by atoms with Crippen LogP contribution in [0.3, 0.4) is 0 Å². The topological polar surface area (TPSA) is 99.9 Å². The highest BCUT2D eigenvalue weighted by atomic mass is 32.2. The number of sulfonamides is 1. The molecule has 9 heteroatoms. The summed E-state index contributed by atoms with van der Waals surface area (Å²) in [6, 6.07) is 6.58. The molecule has 2 amide bonds. The molecule has 0 unspecified atom stereocenters. The molecule has 31 heavy (non-hydrogen) atoms. The Labute approximate surface area is 183 Å². The van der Waals surface area contributed by atoms with Crippen LogP contribution in [-0.2, 0) is 14.8 Å². The number of nitrogens with one attached hydrogen (secondary N) is 1. The summed E-state index contributed by atoms with van der Waals surface area (Å²) in [4.78, 5) is 26.4. The van der Waals surface area contributed by atoms with Crippen molar-refractivity contribution in [3.8, 4) is 0 Å². The fourth-order valence-electron chi connectivity index (χ4n) is 3.84. The largest absolute Gasteiger partial charge is 0.438 e. The first-order valence-electron chi connectivity index (χ1n) is 10.3. The van der Waals surface area contributed by atoms with Crippen molar-refractivity contribution in [2.75, 3.05) is 32.0 Å². The van der Waals surface area contributed by atoms with Gasteiger partial charge in [-0.2, -0.15) is 4.31 Å². The van der Waals surface area contributed by atoms with Gasteiger partial charge in [-0.25, -0.2) is 8.42 Å². The van der Waals surface area contributed by atoms with Gasteiger partial charge in [0.1, 0.15) is 0 Å². The van der Waals surface area contributed by atoms with E-state index in [-0.39, 0.29) is 23.3 Å². The maximum atomic E-state index is 12.7. The average Bonchev–Trinajstić information content (AvgIpc) is 3.22. The van der Waals surface area contributed by atoms with Crippen LogP contribution in [0.15, 0.2) is 33.8 Å². The lowest BCUT2D eigenvalue weighted by Crippen LogP contribution is -2.35. The molecule has 0 aliphatic carbocycles. The number of carbonyl (C=O) groups is 2. The zero-order valence-corrected chi connectivity index (χ0v) is 19.2. The van der Waals surface area contributed by atoms with Crippen LogP contribution in [0.4, 0.5) is 5.69 Å². The number of likely N-dealkylation sites (N-methyl/N-ethyl adjacent to an activating group) is 1. The molecule has 1 aromatic carbocycles. The summed E-state index contributed by atoms with van der Waals surface area (Å²) in [5.41, 5.74) is 3.72. The summed E-state index contributed by atoms with van der Waals surface area (Å²) < 4.78 is 32.2. The van der Waals surface area contributed by atoms with Crippen LogP contribution in [0.2, 0.25) is 0 Å². The second-order valence-corrected chi connectivity index (χ2v) is 9.94. The van der Waals surface area contributed by atoms with Gasteiger partial charge in [-0.3, -0.25) is 9.59 Å². The maximum Gasteiger partial charge on any atom is 0.289 e. The fraction of sp³-hybridized carbons (Fsp3) is 0.455. The van der Waals surface area contributed by atoms with E-state index in [4.69, 9.17) is 4.42 Å². The third-order valence-corrected chi connectivity index (χ3v) is 7.14. The lowest BCUT2D eigenvalue weighted by molar-refractivity contribution is -0.116. The van der Waals surface area contributed by atoms with Crippen molar-refractivity contribution in [3.05, 3.63) is 46.7 Å². The van der Waals surface area contributed by atoms with Crippen LogP contribution in [0, 0.1) is 20.8 Å². The molecule has 0 radical (unpaired) electrons. The first-order valence-corrected chi connectivity index (χ1v) is 11.8. The quantitative estimate of drug-likeness (QED) is 0.734. The number of anilines is 1. The minimum absolute atomic E-state index is 0.117. The zero-order valence-electron chi connectivity index (χ0n) is 18.4. The normalized spacial score (nSPS) is 15.0. The Balaban J connectivity index is 1.66. The Morgan fingerprint density at radius 2 is 1.68 bits per heavy atom. The minimum Gasteiger partial charge on any atom is -0.438 e. The second-order valence-electron chi connectivity index (χ2n) is 8.07. The first-order chi connectivity index (χ1) is 14.6. The van der Waals surface area contributed by atoms with Crippen molar-refractivity contribution in [2.45, 2.75) is 45.1 Å². The Morgan fingerprint density at radius 3 is 2.29 bits per heavy atom. The van der Waals surface area contributed by atoms with Crippen LogP contribution < -0.4 is 5.32 Å². The van der Waals surface area contributed by atoms with Crippen LogP contribution >= 0.6 is 0 Å². The summed E-state index contributed by atoms with van der Waals surface area (Å²) >= 11 is 0. The first kappa shape index (κ1) is 23.0. The number of amides is 2. The summed E-state index contributed by atoms with van der Waals surface area (Å²) in [5, 5.41) is 2.60. The predicted molar refractivity (Wildman–Crippen MR) is 118 cm³/mol. The number of rotatable bonds is 6. The van der Waals surface area contributed by atoms with E-state index in [1.807, 2.05) is 32.9 Å². The number of benzene rings is 1. The number of aryl methyl sites for hydroxylation is 3. The van der Waals surface area contributed by atoms with Crippen LogP contribution in [0.25, 0.3) is 0 Å². The minimum atomic E-state index is -3.76. The molecule has 3 rings (SSSR count). The van der Waals surface area contributed by atoms with E-state index in [9.17, 15) is 18.0 Å². The zero-order chi connectivity index (χ0) is 22.8. The highest BCUT2D eigenvalue weighted by molar-refractivity contribution is 7.89. The molecular weight excluding hydrogens is 418 g/mol. The van der Waals surface area contributed by atoms with Gasteiger partial charge in [-0.1, -0.05) is 24.1 Å². The molecule has 1 N–H and O–H groups in total. The van der Waals surface area contributed by atoms with Gasteiger partial charge in [0, 0.05) is 25.8 Å². The molecule has 0 spiro atoms. The Hall–Kier alpha value is -2.65. The predicted octanol–water partition coefficient (Wildman–Crippen LogP) is 3.09. The van der Waals surface area contributed by atoms with Crippen molar-refractivity contribution in [3.63, 3.8) is 0 Å². The van der Waals surface area contributed by atoms with Crippen LogP contribution in [0.5, 0.6) is 0 Å². The number of piperidine rings is 1. The number of hydrogen-bond acceptors (Lipinski definition) is 5. The lowest BCUT2D eigenvalue weighted by atomic mass is 10.1. The second kappa shape index (κ2) is 9.23. The third kappa shape index (κ3) is 5.16. The third-order valence-electron chi connectivity index (χ3n) is 5.37. The molecule has 168 valence electrons. The molecule has 1 aromatic heterocycles. The van der Waals surface area contributed by atoms with Gasteiger partial charge in [0.05, 0.1) is 6.54 Å². The van der Waals surface area contributed by atoms with Gasteiger partial charge in [-0.05, 0) is 56.9 Å². The van der Waals surface area contributed by atoms with Gasteiger partial charge >= 0.3 is 0 Å². The van der Waals surface area contributed by atoms with E-state index in [0.29, 0.717) is 13.1 Å². The molecule has 1 fully saturated rings. The molecule has 2 aromatic rings. The fourth-order valence-corrected chi connectivity index (χ4v) is 5.27. The average molecular weight is 448 g/mol. The number of carbonyl (C=O) groups excluding carboxylic acids is 2. The Bertz CT molecular complexity index is 1060. The van der Waals surface area contributed by atoms with Gasteiger partial charge in [0.2, 0.25) is 11.0 Å². The van der Waals surface area contributed by atoms with E-state index >= 15 is 0 Å². The Morgan fingerprint density at radius 1 is 1.06 bits per heavy atom. The van der Waals surface area contributed by atoms with Crippen LogP contribution in [-0.4, -0.2) is 56.1 Å². The van der Waals surface area contributed by atoms with E-state index in [2.05, 4.69) is 5.32 Å². The van der Waals surface area contributed by atoms with E-state index in [1.54, 1.807) is 0 Å². The van der Waals surface area contributed by atoms with Gasteiger partial charge < -0.3 is 14.6 Å². The standard InChI is InChI=1S/C22H29N3O5S/c1-15-12-16(2)21(17(3)13-15)23-19(26)14-24(4)22(27)18-8-9-20(30-18)31(28,29)25-10-6-5-7-11-25/h8-9,12-13H,5-7,10-11,14H2,1-4H3,(H,23,26). The van der Waals surface area contributed by atoms with Crippen molar-refractivity contribution in [2.24, 2.45) is 0 Å². The summed E-state index contributed by atoms with van der Waals surface area (Å²) in [6.45, 7) is 6.52. The summed E-state index contributed by atoms with van der Waals surface area (Å²) in [7, 11) is -2.29. The van der Waals surface area contributed by atoms with Gasteiger partial charge in [0.15, 0.2) is 5.76 Å². The summed E-state index contributed by atoms with van der Waals surface area (Å²) in [6.07, 6.45) is 2.62. The highest BCUT2D eigenvalue weighted by Crippen LogP contribution is 2.24. The smallest absolute Gasteiger partial charge is 0.289 e. The Kier molecular flexibility index (Phi) is 6.86. The molecular formula is C22H29N3O5S. The van der Waals surface area contributed by atoms with Crippen molar-refractivity contribution < 1.29 is 22.4 Å². The molecule has 2 heterocycles. The summed E-state index contributed by atoms with van der Waals surface area (Å²) in [5.74, 6) is -1.03. The van der Waals surface area contributed by atoms with Crippen molar-refractivity contribution in [1.29, 1.82) is 0 Å². The number of nitrogens with zero attached hydrogens (tertiary/aromatic N) is 2.